The van der Waals surface area contributed by atoms with Crippen LogP contribution < -0.4 is 4.74 Å². The highest BCUT2D eigenvalue weighted by Crippen LogP contribution is 2.27. The summed E-state index contributed by atoms with van der Waals surface area (Å²) in [7, 11) is 3.78. The number of hydrogen-bond acceptors (Lipinski definition) is 3. The molecule has 0 amide bonds. The van der Waals surface area contributed by atoms with Gasteiger partial charge < -0.3 is 4.74 Å². The third-order valence-electron chi connectivity index (χ3n) is 3.84. The largest absolute Gasteiger partial charge is 0.497 e. The number of methoxy groups -OCH3 is 1. The lowest BCUT2D eigenvalue weighted by Gasteiger charge is -2.28. The molecule has 0 N–H and O–H groups in total. The first-order valence-electron chi connectivity index (χ1n) is 7.49. The Morgan fingerprint density at radius 1 is 1.09 bits per heavy atom. The quantitative estimate of drug-likeness (QED) is 0.769. The maximum absolute atomic E-state index is 8.93. The van der Waals surface area contributed by atoms with E-state index in [1.54, 1.807) is 7.11 Å². The average molecular weight is 294 g/mol. The SMILES string of the molecule is COc1ccc(C(CCC#N)N(C)Cc2ccccc2)cc1. The van der Waals surface area contributed by atoms with Gasteiger partial charge in [-0.05, 0) is 36.7 Å². The predicted octanol–water partition coefficient (Wildman–Crippen LogP) is 4.17. The summed E-state index contributed by atoms with van der Waals surface area (Å²) < 4.78 is 5.22. The molecule has 0 aliphatic rings. The molecule has 0 heterocycles. The molecule has 0 saturated heterocycles. The molecule has 0 spiro atoms. The van der Waals surface area contributed by atoms with E-state index in [1.165, 1.54) is 11.1 Å². The van der Waals surface area contributed by atoms with Crippen molar-refractivity contribution in [3.63, 3.8) is 0 Å². The van der Waals surface area contributed by atoms with Crippen LogP contribution in [0.15, 0.2) is 54.6 Å². The van der Waals surface area contributed by atoms with Gasteiger partial charge in [0, 0.05) is 19.0 Å². The molecule has 0 bridgehead atoms. The molecule has 0 saturated carbocycles. The molecule has 2 aromatic rings. The summed E-state index contributed by atoms with van der Waals surface area (Å²) in [5.41, 5.74) is 2.50. The monoisotopic (exact) mass is 294 g/mol. The molecule has 0 aromatic heterocycles. The highest BCUT2D eigenvalue weighted by molar-refractivity contribution is 5.29. The molecule has 1 atom stereocenters. The molecule has 0 aliphatic heterocycles. The van der Waals surface area contributed by atoms with Crippen LogP contribution in [0.4, 0.5) is 0 Å². The predicted molar refractivity (Wildman–Crippen MR) is 88.5 cm³/mol. The van der Waals surface area contributed by atoms with Crippen LogP contribution in [0.5, 0.6) is 5.75 Å². The number of hydrogen-bond donors (Lipinski definition) is 0. The molecule has 3 nitrogen and oxygen atoms in total. The van der Waals surface area contributed by atoms with Crippen molar-refractivity contribution in [3.8, 4) is 11.8 Å². The molecule has 114 valence electrons. The average Bonchev–Trinajstić information content (AvgIpc) is 2.56. The lowest BCUT2D eigenvalue weighted by molar-refractivity contribution is 0.226. The van der Waals surface area contributed by atoms with E-state index in [9.17, 15) is 0 Å². The molecule has 0 aliphatic carbocycles. The van der Waals surface area contributed by atoms with Crippen LogP contribution in [0.1, 0.15) is 30.0 Å². The van der Waals surface area contributed by atoms with Crippen molar-refractivity contribution in [2.75, 3.05) is 14.2 Å². The third kappa shape index (κ3) is 4.34. The topological polar surface area (TPSA) is 36.3 Å². The number of nitriles is 1. The van der Waals surface area contributed by atoms with Gasteiger partial charge in [0.1, 0.15) is 5.75 Å². The second kappa shape index (κ2) is 8.21. The molecular weight excluding hydrogens is 272 g/mol. The fraction of sp³-hybridized carbons (Fsp3) is 0.316. The molecule has 2 aromatic carbocycles. The smallest absolute Gasteiger partial charge is 0.118 e. The number of rotatable bonds is 7. The maximum Gasteiger partial charge on any atom is 0.118 e. The second-order valence-corrected chi connectivity index (χ2v) is 5.39. The van der Waals surface area contributed by atoms with Crippen LogP contribution in [0.2, 0.25) is 0 Å². The minimum absolute atomic E-state index is 0.228. The summed E-state index contributed by atoms with van der Waals surface area (Å²) in [4.78, 5) is 2.30. The lowest BCUT2D eigenvalue weighted by Crippen LogP contribution is -2.24. The van der Waals surface area contributed by atoms with Crippen LogP contribution in [-0.2, 0) is 6.54 Å². The summed E-state index contributed by atoms with van der Waals surface area (Å²) in [6.45, 7) is 0.864. The first kappa shape index (κ1) is 16.1. The van der Waals surface area contributed by atoms with Gasteiger partial charge in [-0.25, -0.2) is 0 Å². The van der Waals surface area contributed by atoms with Gasteiger partial charge in [0.15, 0.2) is 0 Å². The zero-order valence-corrected chi connectivity index (χ0v) is 13.2. The fourth-order valence-corrected chi connectivity index (χ4v) is 2.65. The molecule has 0 fully saturated rings. The fourth-order valence-electron chi connectivity index (χ4n) is 2.65. The van der Waals surface area contributed by atoms with Crippen LogP contribution >= 0.6 is 0 Å². The first-order valence-corrected chi connectivity index (χ1v) is 7.49. The van der Waals surface area contributed by atoms with Crippen molar-refractivity contribution in [2.45, 2.75) is 25.4 Å². The van der Waals surface area contributed by atoms with E-state index >= 15 is 0 Å². The molecule has 1 unspecified atom stereocenters. The van der Waals surface area contributed by atoms with E-state index in [-0.39, 0.29) is 6.04 Å². The van der Waals surface area contributed by atoms with Crippen molar-refractivity contribution >= 4 is 0 Å². The van der Waals surface area contributed by atoms with Gasteiger partial charge in [-0.3, -0.25) is 4.90 Å². The molecule has 0 radical (unpaired) electrons. The van der Waals surface area contributed by atoms with Crippen molar-refractivity contribution < 1.29 is 4.74 Å². The van der Waals surface area contributed by atoms with Crippen LogP contribution in [0, 0.1) is 11.3 Å². The summed E-state index contributed by atoms with van der Waals surface area (Å²) in [5.74, 6) is 0.855. The van der Waals surface area contributed by atoms with Gasteiger partial charge in [0.25, 0.3) is 0 Å². The Kier molecular flexibility index (Phi) is 6.00. The summed E-state index contributed by atoms with van der Waals surface area (Å²) >= 11 is 0. The maximum atomic E-state index is 8.93. The van der Waals surface area contributed by atoms with Crippen LogP contribution in [-0.4, -0.2) is 19.1 Å². The van der Waals surface area contributed by atoms with Crippen molar-refractivity contribution in [3.05, 3.63) is 65.7 Å². The third-order valence-corrected chi connectivity index (χ3v) is 3.84. The normalized spacial score (nSPS) is 11.9. The zero-order chi connectivity index (χ0) is 15.8. The number of nitrogens with zero attached hydrogens (tertiary/aromatic N) is 2. The van der Waals surface area contributed by atoms with Crippen molar-refractivity contribution in [1.29, 1.82) is 5.26 Å². The highest BCUT2D eigenvalue weighted by atomic mass is 16.5. The van der Waals surface area contributed by atoms with Gasteiger partial charge >= 0.3 is 0 Å². The van der Waals surface area contributed by atoms with Gasteiger partial charge in [-0.15, -0.1) is 0 Å². The summed E-state index contributed by atoms with van der Waals surface area (Å²) in [6, 6.07) is 21.0. The summed E-state index contributed by atoms with van der Waals surface area (Å²) in [5, 5.41) is 8.93. The lowest BCUT2D eigenvalue weighted by atomic mass is 10.00. The second-order valence-electron chi connectivity index (χ2n) is 5.39. The molecule has 3 heteroatoms. The van der Waals surface area contributed by atoms with E-state index in [2.05, 4.69) is 54.4 Å². The Hall–Kier alpha value is -2.31. The van der Waals surface area contributed by atoms with Crippen LogP contribution in [0.3, 0.4) is 0 Å². The van der Waals surface area contributed by atoms with E-state index in [0.717, 1.165) is 18.7 Å². The number of ether oxygens (including phenoxy) is 1. The Bertz CT molecular complexity index is 602. The summed E-state index contributed by atoms with van der Waals surface area (Å²) in [6.07, 6.45) is 1.38. The Labute approximate surface area is 132 Å². The molecule has 2 rings (SSSR count). The van der Waals surface area contributed by atoms with Gasteiger partial charge in [0.2, 0.25) is 0 Å². The Balaban J connectivity index is 2.15. The molecule has 22 heavy (non-hydrogen) atoms. The molecular formula is C19H22N2O. The Morgan fingerprint density at radius 2 is 1.77 bits per heavy atom. The number of benzene rings is 2. The van der Waals surface area contributed by atoms with Gasteiger partial charge in [0.05, 0.1) is 13.2 Å². The standard InChI is InChI=1S/C19H22N2O/c1-21(15-16-7-4-3-5-8-16)19(9-6-14-20)17-10-12-18(22-2)13-11-17/h3-5,7-8,10-13,19H,6,9,15H2,1-2H3. The van der Waals surface area contributed by atoms with E-state index in [4.69, 9.17) is 10.00 Å². The van der Waals surface area contributed by atoms with E-state index < -0.39 is 0 Å². The van der Waals surface area contributed by atoms with E-state index in [0.29, 0.717) is 6.42 Å². The highest BCUT2D eigenvalue weighted by Gasteiger charge is 2.17. The minimum atomic E-state index is 0.228. The zero-order valence-electron chi connectivity index (χ0n) is 13.2. The van der Waals surface area contributed by atoms with Gasteiger partial charge in [-0.1, -0.05) is 42.5 Å². The minimum Gasteiger partial charge on any atom is -0.497 e. The van der Waals surface area contributed by atoms with Crippen LogP contribution in [0.25, 0.3) is 0 Å². The van der Waals surface area contributed by atoms with Gasteiger partial charge in [-0.2, -0.15) is 5.26 Å². The first-order chi connectivity index (χ1) is 10.7. The van der Waals surface area contributed by atoms with Crippen molar-refractivity contribution in [2.24, 2.45) is 0 Å². The Morgan fingerprint density at radius 3 is 2.36 bits per heavy atom. The van der Waals surface area contributed by atoms with Crippen molar-refractivity contribution in [1.82, 2.24) is 4.90 Å². The van der Waals surface area contributed by atoms with E-state index in [1.807, 2.05) is 18.2 Å².